The molecule has 0 unspecified atom stereocenters. The number of sulfonamides is 1. The van der Waals surface area contributed by atoms with Crippen LogP contribution in [-0.4, -0.2) is 68.9 Å². The summed E-state index contributed by atoms with van der Waals surface area (Å²) in [5.74, 6) is 1.89. The normalized spacial score (nSPS) is 11.9. The minimum atomic E-state index is -4.55. The van der Waals surface area contributed by atoms with Crippen molar-refractivity contribution in [3.05, 3.63) is 105 Å². The molecule has 0 bridgehead atoms. The number of rotatable bonds is 13. The lowest BCUT2D eigenvalue weighted by atomic mass is 10.2. The van der Waals surface area contributed by atoms with Crippen molar-refractivity contribution < 1.29 is 31.0 Å². The SMILES string of the molecule is COc1ccc(CN(Cc2ccc(OC)cc2)S(=O)(=O)c2c(S(C)(=O)=O)ccc(I)c2-c2nnn(Cc3ccc(OC)cc3)n2)cc1. The van der Waals surface area contributed by atoms with Gasteiger partial charge in [-0.25, -0.2) is 16.8 Å². The van der Waals surface area contributed by atoms with E-state index < -0.39 is 24.8 Å². The summed E-state index contributed by atoms with van der Waals surface area (Å²) < 4.78 is 73.6. The summed E-state index contributed by atoms with van der Waals surface area (Å²) in [6.45, 7) is 0.108. The average molecular weight is 790 g/mol. The molecule has 0 N–H and O–H groups in total. The molecule has 12 nitrogen and oxygen atoms in total. The van der Waals surface area contributed by atoms with E-state index in [1.54, 1.807) is 82.0 Å². The Hall–Kier alpha value is -4.06. The molecular weight excluding hydrogens is 757 g/mol. The van der Waals surface area contributed by atoms with Gasteiger partial charge in [0.2, 0.25) is 15.8 Å². The average Bonchev–Trinajstić information content (AvgIpc) is 3.52. The number of methoxy groups -OCH3 is 3. The lowest BCUT2D eigenvalue weighted by Gasteiger charge is -2.25. The van der Waals surface area contributed by atoms with Crippen molar-refractivity contribution in [3.63, 3.8) is 0 Å². The smallest absolute Gasteiger partial charge is 0.245 e. The van der Waals surface area contributed by atoms with Crippen molar-refractivity contribution in [2.75, 3.05) is 27.6 Å². The Morgan fingerprint density at radius 3 is 1.62 bits per heavy atom. The number of halogens is 1. The summed E-state index contributed by atoms with van der Waals surface area (Å²) in [6.07, 6.45) is 0.975. The molecule has 47 heavy (non-hydrogen) atoms. The summed E-state index contributed by atoms with van der Waals surface area (Å²) >= 11 is 1.96. The molecule has 0 saturated carbocycles. The zero-order valence-corrected chi connectivity index (χ0v) is 29.8. The third kappa shape index (κ3) is 7.91. The van der Waals surface area contributed by atoms with E-state index >= 15 is 0 Å². The minimum absolute atomic E-state index is 0.0270. The molecule has 4 aromatic carbocycles. The van der Waals surface area contributed by atoms with Crippen LogP contribution < -0.4 is 14.2 Å². The fourth-order valence-electron chi connectivity index (χ4n) is 4.82. The molecule has 5 aromatic rings. The molecule has 0 spiro atoms. The van der Waals surface area contributed by atoms with E-state index in [9.17, 15) is 16.8 Å². The van der Waals surface area contributed by atoms with E-state index in [4.69, 9.17) is 14.2 Å². The topological polar surface area (TPSA) is 143 Å². The van der Waals surface area contributed by atoms with Crippen molar-refractivity contribution in [1.82, 2.24) is 24.5 Å². The molecule has 15 heteroatoms. The van der Waals surface area contributed by atoms with Gasteiger partial charge in [0, 0.05) is 22.9 Å². The van der Waals surface area contributed by atoms with E-state index in [0.717, 1.165) is 11.8 Å². The standard InChI is InChI=1S/C32H32IN5O7S2/c1-43-25-11-5-22(6-12-25)19-37(20-23-7-13-26(44-2)14-8-23)47(41,42)31-29(46(4,39)40)18-17-28(33)30(31)32-34-36-38(35-32)21-24-9-15-27(45-3)16-10-24/h5-18H,19-21H2,1-4H3. The van der Waals surface area contributed by atoms with Crippen LogP contribution in [0.5, 0.6) is 17.2 Å². The summed E-state index contributed by atoms with van der Waals surface area (Å²) in [6, 6.07) is 24.1. The Kier molecular flexibility index (Phi) is 10.5. The Balaban J connectivity index is 1.64. The highest BCUT2D eigenvalue weighted by Gasteiger charge is 2.36. The molecule has 0 radical (unpaired) electrons. The highest BCUT2D eigenvalue weighted by molar-refractivity contribution is 14.1. The maximum Gasteiger partial charge on any atom is 0.245 e. The molecule has 246 valence electrons. The highest BCUT2D eigenvalue weighted by atomic mass is 127. The number of ether oxygens (including phenoxy) is 3. The van der Waals surface area contributed by atoms with Gasteiger partial charge < -0.3 is 14.2 Å². The maximum absolute atomic E-state index is 14.9. The van der Waals surface area contributed by atoms with Crippen molar-refractivity contribution in [2.45, 2.75) is 29.4 Å². The van der Waals surface area contributed by atoms with Gasteiger partial charge in [0.25, 0.3) is 0 Å². The predicted octanol–water partition coefficient (Wildman–Crippen LogP) is 4.81. The first-order chi connectivity index (χ1) is 22.4. The molecule has 0 saturated heterocycles. The first kappa shape index (κ1) is 34.3. The Morgan fingerprint density at radius 1 is 0.702 bits per heavy atom. The van der Waals surface area contributed by atoms with Gasteiger partial charge in [-0.05, 0) is 93.0 Å². The van der Waals surface area contributed by atoms with Crippen LogP contribution in [0.15, 0.2) is 94.7 Å². The summed E-state index contributed by atoms with van der Waals surface area (Å²) in [5, 5.41) is 12.8. The van der Waals surface area contributed by atoms with Crippen LogP contribution in [0.1, 0.15) is 16.7 Å². The summed E-state index contributed by atoms with van der Waals surface area (Å²) in [5.41, 5.74) is 2.23. The van der Waals surface area contributed by atoms with Crippen molar-refractivity contribution in [1.29, 1.82) is 0 Å². The minimum Gasteiger partial charge on any atom is -0.497 e. The van der Waals surface area contributed by atoms with Crippen LogP contribution in [-0.2, 0) is 39.5 Å². The van der Waals surface area contributed by atoms with Gasteiger partial charge in [0.15, 0.2) is 9.84 Å². The zero-order chi connectivity index (χ0) is 33.8. The monoisotopic (exact) mass is 789 g/mol. The first-order valence-electron chi connectivity index (χ1n) is 14.1. The zero-order valence-electron chi connectivity index (χ0n) is 26.0. The van der Waals surface area contributed by atoms with E-state index in [0.29, 0.717) is 31.9 Å². The highest BCUT2D eigenvalue weighted by Crippen LogP contribution is 2.37. The second kappa shape index (κ2) is 14.4. The number of hydrogen-bond acceptors (Lipinski definition) is 10. The number of sulfone groups is 1. The lowest BCUT2D eigenvalue weighted by Crippen LogP contribution is -2.32. The van der Waals surface area contributed by atoms with Gasteiger partial charge in [-0.3, -0.25) is 0 Å². The molecule has 0 aliphatic heterocycles. The second-order valence-corrected chi connectivity index (χ2v) is 15.5. The van der Waals surface area contributed by atoms with E-state index in [1.807, 2.05) is 34.7 Å². The number of nitrogens with zero attached hydrogens (tertiary/aromatic N) is 5. The summed E-state index contributed by atoms with van der Waals surface area (Å²) in [7, 11) is -3.93. The van der Waals surface area contributed by atoms with Crippen molar-refractivity contribution >= 4 is 42.5 Å². The molecule has 0 fully saturated rings. The largest absolute Gasteiger partial charge is 0.497 e. The molecule has 1 aromatic heterocycles. The van der Waals surface area contributed by atoms with Gasteiger partial charge in [-0.1, -0.05) is 36.4 Å². The molecule has 1 heterocycles. The van der Waals surface area contributed by atoms with Gasteiger partial charge in [0.05, 0.1) is 38.3 Å². The van der Waals surface area contributed by atoms with Gasteiger partial charge in [-0.2, -0.15) is 9.10 Å². The second-order valence-electron chi connectivity index (χ2n) is 10.5. The van der Waals surface area contributed by atoms with Crippen molar-refractivity contribution in [2.24, 2.45) is 0 Å². The van der Waals surface area contributed by atoms with Crippen LogP contribution in [0.4, 0.5) is 0 Å². The van der Waals surface area contributed by atoms with Gasteiger partial charge >= 0.3 is 0 Å². The van der Waals surface area contributed by atoms with Crippen molar-refractivity contribution in [3.8, 4) is 28.6 Å². The summed E-state index contributed by atoms with van der Waals surface area (Å²) in [4.78, 5) is 0.537. The number of aromatic nitrogens is 4. The molecule has 5 rings (SSSR count). The van der Waals surface area contributed by atoms with Crippen LogP contribution in [0.25, 0.3) is 11.4 Å². The number of benzene rings is 4. The number of tetrazole rings is 1. The van der Waals surface area contributed by atoms with Gasteiger partial charge in [0.1, 0.15) is 22.1 Å². The third-order valence-corrected chi connectivity index (χ3v) is 11.3. The fraction of sp³-hybridized carbons (Fsp3) is 0.219. The van der Waals surface area contributed by atoms with Gasteiger partial charge in [-0.15, -0.1) is 10.2 Å². The maximum atomic E-state index is 14.9. The van der Waals surface area contributed by atoms with Crippen LogP contribution in [0.2, 0.25) is 0 Å². The van der Waals surface area contributed by atoms with Crippen LogP contribution >= 0.6 is 22.6 Å². The Bertz CT molecular complexity index is 2020. The Morgan fingerprint density at radius 2 is 1.17 bits per heavy atom. The molecular formula is C32H32IN5O7S2. The van der Waals surface area contributed by atoms with E-state index in [2.05, 4.69) is 15.4 Å². The van der Waals surface area contributed by atoms with E-state index in [1.165, 1.54) is 21.2 Å². The van der Waals surface area contributed by atoms with Crippen LogP contribution in [0, 0.1) is 3.57 Å². The first-order valence-corrected chi connectivity index (χ1v) is 18.5. The molecule has 0 aliphatic rings. The quantitative estimate of drug-likeness (QED) is 0.153. The predicted molar refractivity (Wildman–Crippen MR) is 184 cm³/mol. The molecule has 0 aliphatic carbocycles. The number of hydrogen-bond donors (Lipinski definition) is 0. The van der Waals surface area contributed by atoms with E-state index in [-0.39, 0.29) is 35.9 Å². The molecule has 0 amide bonds. The lowest BCUT2D eigenvalue weighted by molar-refractivity contribution is 0.396. The van der Waals surface area contributed by atoms with Crippen LogP contribution in [0.3, 0.4) is 0 Å². The third-order valence-electron chi connectivity index (χ3n) is 7.26. The Labute approximate surface area is 287 Å². The molecule has 0 atom stereocenters. The fourth-order valence-corrected chi connectivity index (χ4v) is 8.90.